The van der Waals surface area contributed by atoms with Crippen molar-refractivity contribution < 1.29 is 17.5 Å². The Labute approximate surface area is 143 Å². The Balaban J connectivity index is 0.00000441. The molecule has 1 aromatic heterocycles. The number of H-pyrrole nitrogens is 1. The van der Waals surface area contributed by atoms with Crippen LogP contribution in [0.15, 0.2) is 9.95 Å². The standard InChI is InChI=1S/C15H27N3O2S.ClH/c1-4-7-12-13(19)16-15(17-14(12)20)21-11-10-18(8-5-2)9-6-3;/h4-11H2,1-3H3,(H2,16,17,19,20);1H/p-1. The summed E-state index contributed by atoms with van der Waals surface area (Å²) >= 11 is 1.49. The molecule has 128 valence electrons. The molecule has 0 fully saturated rings. The maximum absolute atomic E-state index is 11.9. The third-order valence-corrected chi connectivity index (χ3v) is 4.05. The lowest BCUT2D eigenvalue weighted by atomic mass is 10.2. The number of aromatic hydroxyl groups is 1. The molecule has 0 bridgehead atoms. The van der Waals surface area contributed by atoms with Crippen LogP contribution in [0.25, 0.3) is 0 Å². The van der Waals surface area contributed by atoms with Gasteiger partial charge in [0.1, 0.15) is 0 Å². The predicted octanol–water partition coefficient (Wildman–Crippen LogP) is -0.354. The van der Waals surface area contributed by atoms with E-state index in [0.717, 1.165) is 44.6 Å². The van der Waals surface area contributed by atoms with Crippen molar-refractivity contribution in [1.29, 1.82) is 0 Å². The van der Waals surface area contributed by atoms with Gasteiger partial charge in [0, 0.05) is 12.3 Å². The fourth-order valence-corrected chi connectivity index (χ4v) is 3.11. The molecule has 0 unspecified atom stereocenters. The predicted molar refractivity (Wildman–Crippen MR) is 88.3 cm³/mol. The molecule has 5 nitrogen and oxygen atoms in total. The van der Waals surface area contributed by atoms with Crippen LogP contribution in [-0.4, -0.2) is 45.4 Å². The summed E-state index contributed by atoms with van der Waals surface area (Å²) < 4.78 is 0. The second-order valence-corrected chi connectivity index (χ2v) is 6.20. The summed E-state index contributed by atoms with van der Waals surface area (Å²) in [5, 5.41) is 10.3. The summed E-state index contributed by atoms with van der Waals surface area (Å²) in [4.78, 5) is 21.1. The Hall–Kier alpha value is -0.720. The lowest BCUT2D eigenvalue weighted by Gasteiger charge is -2.20. The monoisotopic (exact) mass is 348 g/mol. The first-order valence-corrected chi connectivity index (χ1v) is 8.78. The molecule has 0 radical (unpaired) electrons. The van der Waals surface area contributed by atoms with E-state index >= 15 is 0 Å². The van der Waals surface area contributed by atoms with Gasteiger partial charge < -0.3 is 27.4 Å². The van der Waals surface area contributed by atoms with Gasteiger partial charge in [0.2, 0.25) is 5.88 Å². The minimum absolute atomic E-state index is 0. The van der Waals surface area contributed by atoms with Crippen LogP contribution in [0.3, 0.4) is 0 Å². The van der Waals surface area contributed by atoms with Crippen molar-refractivity contribution in [2.45, 2.75) is 51.6 Å². The van der Waals surface area contributed by atoms with Gasteiger partial charge in [-0.05, 0) is 32.4 Å². The molecule has 7 heteroatoms. The van der Waals surface area contributed by atoms with Crippen LogP contribution < -0.4 is 18.0 Å². The Bertz CT molecular complexity index is 476. The van der Waals surface area contributed by atoms with Gasteiger partial charge in [0.05, 0.1) is 5.56 Å². The van der Waals surface area contributed by atoms with Gasteiger partial charge >= 0.3 is 0 Å². The molecule has 1 heterocycles. The number of halogens is 1. The largest absolute Gasteiger partial charge is 1.00 e. The van der Waals surface area contributed by atoms with E-state index in [1.807, 2.05) is 6.92 Å². The molecule has 0 atom stereocenters. The molecule has 0 spiro atoms. The molecular weight excluding hydrogens is 322 g/mol. The van der Waals surface area contributed by atoms with Crippen LogP contribution in [0.2, 0.25) is 0 Å². The van der Waals surface area contributed by atoms with E-state index in [4.69, 9.17) is 0 Å². The topological polar surface area (TPSA) is 69.2 Å². The molecule has 0 aromatic carbocycles. The van der Waals surface area contributed by atoms with E-state index in [1.54, 1.807) is 0 Å². The summed E-state index contributed by atoms with van der Waals surface area (Å²) in [6.45, 7) is 9.49. The number of aromatic amines is 1. The number of hydrogen-bond acceptors (Lipinski definition) is 5. The summed E-state index contributed by atoms with van der Waals surface area (Å²) in [6.07, 6.45) is 3.66. The van der Waals surface area contributed by atoms with Gasteiger partial charge in [-0.25, -0.2) is 0 Å². The number of nitrogens with zero attached hydrogens (tertiary/aromatic N) is 2. The van der Waals surface area contributed by atoms with E-state index in [-0.39, 0.29) is 23.8 Å². The van der Waals surface area contributed by atoms with Crippen molar-refractivity contribution in [2.24, 2.45) is 0 Å². The van der Waals surface area contributed by atoms with E-state index < -0.39 is 0 Å². The highest BCUT2D eigenvalue weighted by molar-refractivity contribution is 7.99. The molecule has 1 rings (SSSR count). The van der Waals surface area contributed by atoms with Gasteiger partial charge in [-0.15, -0.1) is 0 Å². The lowest BCUT2D eigenvalue weighted by molar-refractivity contribution is -0.00000587. The van der Waals surface area contributed by atoms with Crippen LogP contribution in [-0.2, 0) is 6.42 Å². The van der Waals surface area contributed by atoms with Crippen LogP contribution >= 0.6 is 11.8 Å². The minimum atomic E-state index is -0.217. The maximum atomic E-state index is 11.9. The minimum Gasteiger partial charge on any atom is -1.00 e. The quantitative estimate of drug-likeness (QED) is 0.446. The van der Waals surface area contributed by atoms with Crippen LogP contribution in [0.4, 0.5) is 0 Å². The molecule has 0 saturated heterocycles. The zero-order valence-corrected chi connectivity index (χ0v) is 15.3. The second kappa shape index (κ2) is 11.8. The molecule has 22 heavy (non-hydrogen) atoms. The highest BCUT2D eigenvalue weighted by Gasteiger charge is 2.10. The highest BCUT2D eigenvalue weighted by Crippen LogP contribution is 2.17. The first-order chi connectivity index (χ1) is 10.1. The van der Waals surface area contributed by atoms with Crippen molar-refractivity contribution in [1.82, 2.24) is 14.9 Å². The van der Waals surface area contributed by atoms with E-state index in [0.29, 0.717) is 17.1 Å². The third kappa shape index (κ3) is 7.03. The van der Waals surface area contributed by atoms with Gasteiger partial charge in [-0.3, -0.25) is 4.79 Å². The van der Waals surface area contributed by atoms with Crippen molar-refractivity contribution in [3.8, 4) is 5.88 Å². The smallest absolute Gasteiger partial charge is 0.258 e. The van der Waals surface area contributed by atoms with E-state index in [2.05, 4.69) is 28.7 Å². The Morgan fingerprint density at radius 2 is 1.77 bits per heavy atom. The molecule has 2 N–H and O–H groups in total. The summed E-state index contributed by atoms with van der Waals surface area (Å²) in [6, 6.07) is 0. The molecule has 0 aliphatic carbocycles. The first-order valence-electron chi connectivity index (χ1n) is 7.79. The average Bonchev–Trinajstić information content (AvgIpc) is 2.43. The lowest BCUT2D eigenvalue weighted by Crippen LogP contribution is -3.00. The van der Waals surface area contributed by atoms with Gasteiger partial charge in [-0.2, -0.15) is 4.98 Å². The van der Waals surface area contributed by atoms with Crippen molar-refractivity contribution in [2.75, 3.05) is 25.4 Å². The number of aromatic nitrogens is 2. The summed E-state index contributed by atoms with van der Waals surface area (Å²) in [5.74, 6) is 0.734. The van der Waals surface area contributed by atoms with Crippen LogP contribution in [0, 0.1) is 0 Å². The summed E-state index contributed by atoms with van der Waals surface area (Å²) in [7, 11) is 0. The number of nitrogens with one attached hydrogen (secondary N) is 1. The molecule has 0 aliphatic heterocycles. The Kier molecular flexibility index (Phi) is 11.4. The molecule has 1 aromatic rings. The summed E-state index contributed by atoms with van der Waals surface area (Å²) in [5.41, 5.74) is 0.172. The number of thioether (sulfide) groups is 1. The van der Waals surface area contributed by atoms with Crippen molar-refractivity contribution in [3.05, 3.63) is 15.9 Å². The SMILES string of the molecule is CCCc1c(O)nc(SCCN(CCC)CCC)[nH]c1=O.[Cl-]. The normalized spacial score (nSPS) is 10.7. The van der Waals surface area contributed by atoms with E-state index in [1.165, 1.54) is 11.8 Å². The Morgan fingerprint density at radius 3 is 2.27 bits per heavy atom. The molecule has 0 saturated carbocycles. The van der Waals surface area contributed by atoms with Crippen molar-refractivity contribution in [3.63, 3.8) is 0 Å². The zero-order valence-electron chi connectivity index (χ0n) is 13.7. The average molecular weight is 349 g/mol. The van der Waals surface area contributed by atoms with Gasteiger partial charge in [0.25, 0.3) is 5.56 Å². The second-order valence-electron chi connectivity index (χ2n) is 5.11. The zero-order chi connectivity index (χ0) is 15.7. The maximum Gasteiger partial charge on any atom is 0.258 e. The van der Waals surface area contributed by atoms with Gasteiger partial charge in [0.15, 0.2) is 5.16 Å². The van der Waals surface area contributed by atoms with Crippen LogP contribution in [0.5, 0.6) is 5.88 Å². The fraction of sp³-hybridized carbons (Fsp3) is 0.733. The molecular formula is C15H27ClN3O2S-. The Morgan fingerprint density at radius 1 is 1.14 bits per heavy atom. The van der Waals surface area contributed by atoms with Crippen molar-refractivity contribution >= 4 is 11.8 Å². The van der Waals surface area contributed by atoms with E-state index in [9.17, 15) is 9.90 Å². The number of rotatable bonds is 10. The molecule has 0 amide bonds. The van der Waals surface area contributed by atoms with Crippen LogP contribution in [0.1, 0.15) is 45.6 Å². The first kappa shape index (κ1) is 21.3. The molecule has 0 aliphatic rings. The fourth-order valence-electron chi connectivity index (χ4n) is 2.25. The highest BCUT2D eigenvalue weighted by atomic mass is 35.5. The number of hydrogen-bond donors (Lipinski definition) is 2. The third-order valence-electron chi connectivity index (χ3n) is 3.20. The van der Waals surface area contributed by atoms with Gasteiger partial charge in [-0.1, -0.05) is 39.0 Å².